The van der Waals surface area contributed by atoms with Gasteiger partial charge in [0.1, 0.15) is 6.04 Å². The summed E-state index contributed by atoms with van der Waals surface area (Å²) >= 11 is 0. The second-order valence-electron chi connectivity index (χ2n) is 3.95. The molecule has 0 fully saturated rings. The summed E-state index contributed by atoms with van der Waals surface area (Å²) in [6.45, 7) is 0. The third kappa shape index (κ3) is 3.07. The molecule has 2 aromatic carbocycles. The van der Waals surface area contributed by atoms with Gasteiger partial charge in [-0.05, 0) is 11.6 Å². The fourth-order valence-corrected chi connectivity index (χ4v) is 2.31. The fraction of sp³-hybridized carbons (Fsp3) is 0.0769. The molecule has 0 aliphatic carbocycles. The van der Waals surface area contributed by atoms with E-state index in [-0.39, 0.29) is 11.3 Å². The maximum Gasteiger partial charge on any atom is 0.312 e. The smallest absolute Gasteiger partial charge is 0.258 e. The summed E-state index contributed by atoms with van der Waals surface area (Å²) in [6, 6.07) is 13.6. The van der Waals surface area contributed by atoms with Crippen LogP contribution in [-0.4, -0.2) is 13.3 Å². The molecule has 102 valence electrons. The quantitative estimate of drug-likeness (QED) is 0.639. The lowest BCUT2D eigenvalue weighted by Gasteiger charge is -2.11. The highest BCUT2D eigenvalue weighted by Gasteiger charge is 2.23. The van der Waals surface area contributed by atoms with Crippen molar-refractivity contribution in [3.8, 4) is 0 Å². The van der Waals surface area contributed by atoms with E-state index in [0.29, 0.717) is 5.56 Å². The van der Waals surface area contributed by atoms with E-state index in [4.69, 9.17) is 0 Å². The normalized spacial score (nSPS) is 11.6. The molecular weight excluding hydrogens is 280 g/mol. The zero-order valence-electron chi connectivity index (χ0n) is 10.2. The molecule has 1 unspecified atom stereocenters. The fourth-order valence-electron chi connectivity index (χ4n) is 1.90. The summed E-state index contributed by atoms with van der Waals surface area (Å²) in [6.07, 6.45) is 0. The van der Waals surface area contributed by atoms with Crippen LogP contribution in [0, 0.1) is 10.1 Å². The molecule has 0 aliphatic heterocycles. The van der Waals surface area contributed by atoms with Crippen LogP contribution >= 0.6 is 0 Å². The van der Waals surface area contributed by atoms with Crippen molar-refractivity contribution in [2.24, 2.45) is 4.36 Å². The Morgan fingerprint density at radius 2 is 1.60 bits per heavy atom. The van der Waals surface area contributed by atoms with Crippen molar-refractivity contribution in [3.05, 3.63) is 75.8 Å². The van der Waals surface area contributed by atoms with E-state index in [0.717, 1.165) is 0 Å². The van der Waals surface area contributed by atoms with Crippen molar-refractivity contribution in [3.63, 3.8) is 0 Å². The van der Waals surface area contributed by atoms with Gasteiger partial charge in [-0.2, -0.15) is 12.8 Å². The van der Waals surface area contributed by atoms with Gasteiger partial charge >= 0.3 is 10.5 Å². The summed E-state index contributed by atoms with van der Waals surface area (Å²) in [5.74, 6) is 0. The van der Waals surface area contributed by atoms with Gasteiger partial charge in [-0.25, -0.2) is 0 Å². The van der Waals surface area contributed by atoms with E-state index in [1.54, 1.807) is 36.4 Å². The van der Waals surface area contributed by atoms with Gasteiger partial charge in [0.25, 0.3) is 5.69 Å². The molecule has 0 N–H and O–H groups in total. The SMILES string of the molecule is O=[N+]([O-])c1ccccc1C(N=S(=O)=O)c1ccccc1. The first-order valence-electron chi connectivity index (χ1n) is 5.68. The van der Waals surface area contributed by atoms with E-state index in [2.05, 4.69) is 4.36 Å². The predicted molar refractivity (Wildman–Crippen MR) is 72.7 cm³/mol. The molecule has 0 radical (unpaired) electrons. The molecule has 0 saturated heterocycles. The summed E-state index contributed by atoms with van der Waals surface area (Å²) in [5.41, 5.74) is 0.662. The van der Waals surface area contributed by atoms with Crippen molar-refractivity contribution in [2.75, 3.05) is 0 Å². The third-order valence-corrected chi connectivity index (χ3v) is 3.12. The predicted octanol–water partition coefficient (Wildman–Crippen LogP) is 2.75. The number of hydrogen-bond acceptors (Lipinski definition) is 5. The molecule has 1 atom stereocenters. The van der Waals surface area contributed by atoms with Gasteiger partial charge in [0.2, 0.25) is 0 Å². The molecule has 0 saturated carbocycles. The van der Waals surface area contributed by atoms with Crippen LogP contribution in [0.5, 0.6) is 0 Å². The number of hydrogen-bond donors (Lipinski definition) is 0. The third-order valence-electron chi connectivity index (χ3n) is 2.73. The highest BCUT2D eigenvalue weighted by atomic mass is 32.2. The Balaban J connectivity index is 2.65. The average molecular weight is 290 g/mol. The summed E-state index contributed by atoms with van der Waals surface area (Å²) in [7, 11) is -2.67. The van der Waals surface area contributed by atoms with Crippen LogP contribution in [0.25, 0.3) is 0 Å². The number of nitro benzene ring substituents is 1. The second-order valence-corrected chi connectivity index (χ2v) is 4.60. The standard InChI is InChI=1S/C13H10N2O4S/c16-15(17)12-9-5-4-8-11(12)13(14-20(18)19)10-6-2-1-3-7-10/h1-9,13H. The van der Waals surface area contributed by atoms with Crippen molar-refractivity contribution in [1.82, 2.24) is 0 Å². The Morgan fingerprint density at radius 3 is 2.20 bits per heavy atom. The Hall–Kier alpha value is -2.54. The number of benzene rings is 2. The maximum atomic E-state index is 11.1. The van der Waals surface area contributed by atoms with E-state index in [9.17, 15) is 18.5 Å². The number of para-hydroxylation sites is 1. The van der Waals surface area contributed by atoms with Crippen LogP contribution < -0.4 is 0 Å². The molecule has 0 bridgehead atoms. The van der Waals surface area contributed by atoms with Gasteiger partial charge < -0.3 is 0 Å². The summed E-state index contributed by atoms with van der Waals surface area (Å²) in [4.78, 5) is 10.5. The first-order chi connectivity index (χ1) is 9.59. The van der Waals surface area contributed by atoms with Crippen molar-refractivity contribution < 1.29 is 13.3 Å². The van der Waals surface area contributed by atoms with Crippen LogP contribution in [0.2, 0.25) is 0 Å². The van der Waals surface area contributed by atoms with E-state index in [1.165, 1.54) is 18.2 Å². The van der Waals surface area contributed by atoms with Crippen LogP contribution in [0.3, 0.4) is 0 Å². The maximum absolute atomic E-state index is 11.1. The number of nitro groups is 1. The lowest BCUT2D eigenvalue weighted by Crippen LogP contribution is -2.02. The van der Waals surface area contributed by atoms with Crippen LogP contribution in [0.1, 0.15) is 17.2 Å². The molecule has 7 heteroatoms. The zero-order chi connectivity index (χ0) is 14.5. The minimum atomic E-state index is -2.67. The summed E-state index contributed by atoms with van der Waals surface area (Å²) < 4.78 is 25.4. The largest absolute Gasteiger partial charge is 0.312 e. The lowest BCUT2D eigenvalue weighted by molar-refractivity contribution is -0.385. The molecule has 6 nitrogen and oxygen atoms in total. The van der Waals surface area contributed by atoms with E-state index in [1.807, 2.05) is 0 Å². The van der Waals surface area contributed by atoms with Crippen molar-refractivity contribution in [2.45, 2.75) is 6.04 Å². The topological polar surface area (TPSA) is 89.6 Å². The average Bonchev–Trinajstić information content (AvgIpc) is 2.45. The minimum absolute atomic E-state index is 0.157. The van der Waals surface area contributed by atoms with Gasteiger partial charge in [0, 0.05) is 6.07 Å². The molecule has 0 heterocycles. The Morgan fingerprint density at radius 1 is 1.00 bits per heavy atom. The Bertz CT molecular complexity index is 749. The van der Waals surface area contributed by atoms with Gasteiger partial charge in [-0.3, -0.25) is 10.1 Å². The minimum Gasteiger partial charge on any atom is -0.258 e. The van der Waals surface area contributed by atoms with E-state index < -0.39 is 21.5 Å². The molecule has 0 aromatic heterocycles. The molecular formula is C13H10N2O4S. The second kappa shape index (κ2) is 6.07. The van der Waals surface area contributed by atoms with Crippen LogP contribution in [-0.2, 0) is 10.5 Å². The van der Waals surface area contributed by atoms with Crippen molar-refractivity contribution in [1.29, 1.82) is 0 Å². The van der Waals surface area contributed by atoms with Crippen LogP contribution in [0.15, 0.2) is 59.0 Å². The van der Waals surface area contributed by atoms with Gasteiger partial charge in [0.05, 0.1) is 10.5 Å². The highest BCUT2D eigenvalue weighted by Crippen LogP contribution is 2.32. The zero-order valence-corrected chi connectivity index (χ0v) is 11.0. The Kier molecular flexibility index (Phi) is 4.21. The van der Waals surface area contributed by atoms with Gasteiger partial charge in [-0.1, -0.05) is 42.5 Å². The number of rotatable bonds is 4. The van der Waals surface area contributed by atoms with Gasteiger partial charge in [0.15, 0.2) is 0 Å². The monoisotopic (exact) mass is 290 g/mol. The Labute approximate surface area is 116 Å². The van der Waals surface area contributed by atoms with E-state index >= 15 is 0 Å². The molecule has 0 aliphatic rings. The molecule has 2 rings (SSSR count). The van der Waals surface area contributed by atoms with Gasteiger partial charge in [-0.15, -0.1) is 0 Å². The summed E-state index contributed by atoms with van der Waals surface area (Å²) in [5, 5.41) is 11.1. The first-order valence-corrected chi connectivity index (χ1v) is 6.71. The lowest BCUT2D eigenvalue weighted by atomic mass is 9.98. The molecule has 2 aromatic rings. The molecule has 0 amide bonds. The molecule has 20 heavy (non-hydrogen) atoms. The highest BCUT2D eigenvalue weighted by molar-refractivity contribution is 7.61. The number of nitrogens with zero attached hydrogens (tertiary/aromatic N) is 2. The first kappa shape index (κ1) is 13.9. The molecule has 0 spiro atoms. The van der Waals surface area contributed by atoms with Crippen molar-refractivity contribution >= 4 is 16.2 Å². The van der Waals surface area contributed by atoms with Crippen LogP contribution in [0.4, 0.5) is 5.69 Å².